The van der Waals surface area contributed by atoms with Crippen molar-refractivity contribution in [3.05, 3.63) is 46.4 Å². The molecule has 1 aliphatic rings. The molecule has 0 bridgehead atoms. The molecule has 0 spiro atoms. The predicted octanol–water partition coefficient (Wildman–Crippen LogP) is 4.64. The van der Waals surface area contributed by atoms with Crippen molar-refractivity contribution >= 4 is 5.91 Å². The van der Waals surface area contributed by atoms with E-state index in [1.807, 2.05) is 37.3 Å². The van der Waals surface area contributed by atoms with Gasteiger partial charge in [0.15, 0.2) is 11.5 Å². The molecular formula is C24H34N4O2. The van der Waals surface area contributed by atoms with Gasteiger partial charge in [0.05, 0.1) is 6.04 Å². The number of hydrogen-bond acceptors (Lipinski definition) is 4. The first kappa shape index (κ1) is 22.2. The second-order valence-corrected chi connectivity index (χ2v) is 9.57. The average Bonchev–Trinajstić information content (AvgIpc) is 2.72. The monoisotopic (exact) mass is 410 g/mol. The Balaban J connectivity index is 1.60. The number of nitrogens with one attached hydrogen (secondary N) is 2. The molecule has 1 unspecified atom stereocenters. The zero-order valence-electron chi connectivity index (χ0n) is 18.6. The van der Waals surface area contributed by atoms with Gasteiger partial charge in [0.2, 0.25) is 5.91 Å². The third-order valence-corrected chi connectivity index (χ3v) is 6.39. The first-order valence-corrected chi connectivity index (χ1v) is 11.1. The Morgan fingerprint density at radius 2 is 1.80 bits per heavy atom. The molecule has 30 heavy (non-hydrogen) atoms. The number of rotatable bonds is 6. The minimum absolute atomic E-state index is 0.00519. The molecule has 6 heteroatoms. The van der Waals surface area contributed by atoms with Crippen molar-refractivity contribution in [2.75, 3.05) is 0 Å². The van der Waals surface area contributed by atoms with Gasteiger partial charge < -0.3 is 10.3 Å². The van der Waals surface area contributed by atoms with Gasteiger partial charge in [-0.25, -0.2) is 0 Å². The van der Waals surface area contributed by atoms with Crippen LogP contribution in [0, 0.1) is 17.3 Å². The molecule has 1 atom stereocenters. The lowest BCUT2D eigenvalue weighted by Gasteiger charge is -2.36. The molecule has 1 fully saturated rings. The number of nitrogens with zero attached hydrogens (tertiary/aromatic N) is 2. The highest BCUT2D eigenvalue weighted by Crippen LogP contribution is 2.40. The van der Waals surface area contributed by atoms with Gasteiger partial charge in [0.25, 0.3) is 5.56 Å². The number of amides is 1. The number of aromatic amines is 1. The van der Waals surface area contributed by atoms with Crippen LogP contribution in [0.1, 0.15) is 78.0 Å². The Morgan fingerprint density at radius 1 is 1.13 bits per heavy atom. The van der Waals surface area contributed by atoms with E-state index in [9.17, 15) is 9.59 Å². The highest BCUT2D eigenvalue weighted by Gasteiger charge is 2.30. The van der Waals surface area contributed by atoms with Gasteiger partial charge in [-0.15, -0.1) is 10.2 Å². The standard InChI is InChI=1S/C24H34N4O2/c1-5-19(21-23(30)26-22(28-27-21)17-9-7-6-8-10-17)25-20(29)15-16-11-13-18(14-12-16)24(2,3)4/h6-10,16,18-19H,5,11-15H2,1-4H3,(H,25,29)(H,26,28,30). The van der Waals surface area contributed by atoms with Crippen LogP contribution in [0.3, 0.4) is 0 Å². The Labute approximate surface area is 178 Å². The van der Waals surface area contributed by atoms with Gasteiger partial charge in [-0.1, -0.05) is 58.0 Å². The summed E-state index contributed by atoms with van der Waals surface area (Å²) in [5.74, 6) is 1.58. The number of carbonyl (C=O) groups is 1. The SMILES string of the molecule is CCC(NC(=O)CC1CCC(C(C)(C)C)CC1)c1nnc(-c2ccccc2)[nH]c1=O. The summed E-state index contributed by atoms with van der Waals surface area (Å²) < 4.78 is 0. The number of aromatic nitrogens is 3. The van der Waals surface area contributed by atoms with E-state index in [1.54, 1.807) is 0 Å². The third-order valence-electron chi connectivity index (χ3n) is 6.39. The van der Waals surface area contributed by atoms with Crippen molar-refractivity contribution in [3.8, 4) is 11.4 Å². The minimum Gasteiger partial charge on any atom is -0.347 e. The lowest BCUT2D eigenvalue weighted by molar-refractivity contribution is -0.123. The largest absolute Gasteiger partial charge is 0.347 e. The number of H-pyrrole nitrogens is 1. The van der Waals surface area contributed by atoms with Crippen LogP contribution in [0.5, 0.6) is 0 Å². The number of benzene rings is 1. The van der Waals surface area contributed by atoms with E-state index in [4.69, 9.17) is 0 Å². The van der Waals surface area contributed by atoms with Crippen molar-refractivity contribution in [1.29, 1.82) is 0 Å². The Bertz CT molecular complexity index is 893. The van der Waals surface area contributed by atoms with E-state index < -0.39 is 6.04 Å². The predicted molar refractivity (Wildman–Crippen MR) is 119 cm³/mol. The summed E-state index contributed by atoms with van der Waals surface area (Å²) >= 11 is 0. The van der Waals surface area contributed by atoms with Crippen LogP contribution in [-0.4, -0.2) is 21.1 Å². The fourth-order valence-corrected chi connectivity index (χ4v) is 4.41. The molecule has 1 heterocycles. The fourth-order valence-electron chi connectivity index (χ4n) is 4.41. The highest BCUT2D eigenvalue weighted by molar-refractivity contribution is 5.76. The molecule has 3 rings (SSSR count). The number of hydrogen-bond donors (Lipinski definition) is 2. The average molecular weight is 411 g/mol. The van der Waals surface area contributed by atoms with Gasteiger partial charge >= 0.3 is 0 Å². The summed E-state index contributed by atoms with van der Waals surface area (Å²) in [7, 11) is 0. The van der Waals surface area contributed by atoms with E-state index in [0.29, 0.717) is 30.0 Å². The van der Waals surface area contributed by atoms with Gasteiger partial charge in [-0.05, 0) is 49.4 Å². The third kappa shape index (κ3) is 5.55. The van der Waals surface area contributed by atoms with Gasteiger partial charge in [0, 0.05) is 12.0 Å². The molecule has 0 aliphatic heterocycles. The summed E-state index contributed by atoms with van der Waals surface area (Å²) in [6.07, 6.45) is 5.66. The molecule has 1 aromatic heterocycles. The molecule has 1 aliphatic carbocycles. The first-order chi connectivity index (χ1) is 14.3. The summed E-state index contributed by atoms with van der Waals surface area (Å²) in [5.41, 5.74) is 1.10. The van der Waals surface area contributed by atoms with Crippen LogP contribution in [0.2, 0.25) is 0 Å². The van der Waals surface area contributed by atoms with Crippen LogP contribution >= 0.6 is 0 Å². The topological polar surface area (TPSA) is 87.7 Å². The van der Waals surface area contributed by atoms with Gasteiger partial charge in [-0.3, -0.25) is 9.59 Å². The van der Waals surface area contributed by atoms with Crippen molar-refractivity contribution in [3.63, 3.8) is 0 Å². The zero-order chi connectivity index (χ0) is 21.7. The van der Waals surface area contributed by atoms with E-state index >= 15 is 0 Å². The number of carbonyl (C=O) groups excluding carboxylic acids is 1. The molecule has 1 saturated carbocycles. The van der Waals surface area contributed by atoms with Crippen LogP contribution in [-0.2, 0) is 4.79 Å². The normalized spacial score (nSPS) is 20.5. The maximum atomic E-state index is 12.7. The van der Waals surface area contributed by atoms with E-state index in [1.165, 1.54) is 12.8 Å². The molecule has 6 nitrogen and oxygen atoms in total. The maximum absolute atomic E-state index is 12.7. The molecular weight excluding hydrogens is 376 g/mol. The molecule has 0 saturated heterocycles. The fraction of sp³-hybridized carbons (Fsp3) is 0.583. The van der Waals surface area contributed by atoms with Crippen molar-refractivity contribution in [2.45, 2.75) is 72.3 Å². The quantitative estimate of drug-likeness (QED) is 0.726. The maximum Gasteiger partial charge on any atom is 0.275 e. The van der Waals surface area contributed by atoms with Crippen molar-refractivity contribution in [2.24, 2.45) is 17.3 Å². The summed E-state index contributed by atoms with van der Waals surface area (Å²) in [4.78, 5) is 28.1. The Hall–Kier alpha value is -2.50. The van der Waals surface area contributed by atoms with Crippen molar-refractivity contribution < 1.29 is 4.79 Å². The van der Waals surface area contributed by atoms with E-state index in [-0.39, 0.29) is 17.2 Å². The minimum atomic E-state index is -0.426. The smallest absolute Gasteiger partial charge is 0.275 e. The Morgan fingerprint density at radius 3 is 2.37 bits per heavy atom. The molecule has 2 N–H and O–H groups in total. The molecule has 2 aromatic rings. The van der Waals surface area contributed by atoms with E-state index in [0.717, 1.165) is 24.3 Å². The summed E-state index contributed by atoms with van der Waals surface area (Å²) in [6, 6.07) is 8.98. The highest BCUT2D eigenvalue weighted by atomic mass is 16.2. The molecule has 1 amide bonds. The van der Waals surface area contributed by atoms with Crippen LogP contribution in [0.4, 0.5) is 0 Å². The van der Waals surface area contributed by atoms with E-state index in [2.05, 4.69) is 41.3 Å². The van der Waals surface area contributed by atoms with Crippen LogP contribution in [0.15, 0.2) is 35.1 Å². The summed E-state index contributed by atoms with van der Waals surface area (Å²) in [6.45, 7) is 8.85. The van der Waals surface area contributed by atoms with Crippen molar-refractivity contribution in [1.82, 2.24) is 20.5 Å². The van der Waals surface area contributed by atoms with Crippen LogP contribution in [0.25, 0.3) is 11.4 Å². The second-order valence-electron chi connectivity index (χ2n) is 9.57. The van der Waals surface area contributed by atoms with Gasteiger partial charge in [0.1, 0.15) is 0 Å². The molecule has 0 radical (unpaired) electrons. The lowest BCUT2D eigenvalue weighted by Crippen LogP contribution is -2.35. The van der Waals surface area contributed by atoms with Gasteiger partial charge in [-0.2, -0.15) is 0 Å². The molecule has 162 valence electrons. The first-order valence-electron chi connectivity index (χ1n) is 11.1. The van der Waals surface area contributed by atoms with Crippen LogP contribution < -0.4 is 10.9 Å². The second kappa shape index (κ2) is 9.54. The lowest BCUT2D eigenvalue weighted by atomic mass is 9.69. The molecule has 1 aromatic carbocycles. The zero-order valence-corrected chi connectivity index (χ0v) is 18.6. The summed E-state index contributed by atoms with van der Waals surface area (Å²) in [5, 5.41) is 11.3. The Kier molecular flexibility index (Phi) is 7.06.